The van der Waals surface area contributed by atoms with Crippen LogP contribution in [0.4, 0.5) is 5.82 Å². The molecule has 0 aliphatic heterocycles. The number of carbonyl (C=O) groups is 2. The summed E-state index contributed by atoms with van der Waals surface area (Å²) < 4.78 is 1.81. The van der Waals surface area contributed by atoms with Gasteiger partial charge in [0, 0.05) is 53.9 Å². The maximum absolute atomic E-state index is 13.6. The van der Waals surface area contributed by atoms with Gasteiger partial charge < -0.3 is 9.88 Å². The Kier molecular flexibility index (Phi) is 5.56. The molecule has 33 heavy (non-hydrogen) atoms. The van der Waals surface area contributed by atoms with E-state index in [0.717, 1.165) is 54.1 Å². The van der Waals surface area contributed by atoms with Crippen molar-refractivity contribution < 1.29 is 9.59 Å². The summed E-state index contributed by atoms with van der Waals surface area (Å²) in [5, 5.41) is 3.72. The third-order valence-corrected chi connectivity index (χ3v) is 6.48. The van der Waals surface area contributed by atoms with Gasteiger partial charge in [0.1, 0.15) is 11.5 Å². The van der Waals surface area contributed by atoms with Crippen molar-refractivity contribution in [3.8, 4) is 11.1 Å². The smallest absolute Gasteiger partial charge is 0.258 e. The molecule has 5 rings (SSSR count). The number of carbonyl (C=O) groups excluding carboxylic acids is 2. The first-order valence-corrected chi connectivity index (χ1v) is 11.8. The summed E-state index contributed by atoms with van der Waals surface area (Å²) in [6.45, 7) is 4.51. The van der Waals surface area contributed by atoms with Crippen molar-refractivity contribution in [2.45, 2.75) is 58.9 Å². The lowest BCUT2D eigenvalue weighted by atomic mass is 10.0. The second-order valence-electron chi connectivity index (χ2n) is 9.37. The molecule has 7 heteroatoms. The molecule has 2 saturated carbocycles. The van der Waals surface area contributed by atoms with Crippen LogP contribution in [0.2, 0.25) is 0 Å². The fourth-order valence-corrected chi connectivity index (χ4v) is 4.19. The zero-order valence-electron chi connectivity index (χ0n) is 19.1. The molecule has 7 nitrogen and oxygen atoms in total. The van der Waals surface area contributed by atoms with E-state index in [4.69, 9.17) is 0 Å². The number of anilines is 1. The Balaban J connectivity index is 1.58. The van der Waals surface area contributed by atoms with Gasteiger partial charge in [0.05, 0.1) is 5.52 Å². The summed E-state index contributed by atoms with van der Waals surface area (Å²) in [5.41, 5.74) is 3.26. The number of aryl methyl sites for hydroxylation is 1. The molecule has 3 aromatic rings. The van der Waals surface area contributed by atoms with Gasteiger partial charge in [-0.3, -0.25) is 19.4 Å². The van der Waals surface area contributed by atoms with E-state index in [1.165, 1.54) is 0 Å². The van der Waals surface area contributed by atoms with Gasteiger partial charge in [-0.25, -0.2) is 4.98 Å². The van der Waals surface area contributed by atoms with Crippen molar-refractivity contribution in [1.82, 2.24) is 14.5 Å². The molecular weight excluding hydrogens is 416 g/mol. The normalized spacial score (nSPS) is 15.6. The Labute approximate surface area is 192 Å². The van der Waals surface area contributed by atoms with Crippen molar-refractivity contribution in [3.05, 3.63) is 52.2 Å². The van der Waals surface area contributed by atoms with E-state index >= 15 is 0 Å². The van der Waals surface area contributed by atoms with E-state index in [1.807, 2.05) is 24.5 Å². The van der Waals surface area contributed by atoms with Gasteiger partial charge in [0.2, 0.25) is 5.91 Å². The van der Waals surface area contributed by atoms with Gasteiger partial charge in [-0.2, -0.15) is 0 Å². The first-order valence-electron chi connectivity index (χ1n) is 11.8. The summed E-state index contributed by atoms with van der Waals surface area (Å²) in [4.78, 5) is 46.9. The molecule has 3 aromatic heterocycles. The molecule has 0 atom stereocenters. The average molecular weight is 445 g/mol. The Morgan fingerprint density at radius 2 is 1.85 bits per heavy atom. The largest absolute Gasteiger partial charge is 0.310 e. The number of Topliss-reactive ketones (excluding diaryl/α,β-unsaturated/α-hetero) is 1. The highest BCUT2D eigenvalue weighted by Crippen LogP contribution is 2.33. The Morgan fingerprint density at radius 1 is 1.06 bits per heavy atom. The number of hydrogen-bond acceptors (Lipinski definition) is 5. The lowest BCUT2D eigenvalue weighted by molar-refractivity contribution is -0.117. The third kappa shape index (κ3) is 4.45. The van der Waals surface area contributed by atoms with Crippen molar-refractivity contribution in [3.63, 3.8) is 0 Å². The SMILES string of the molecule is CCCC(=O)c1cc(C)c(-c2cc3cnc(NC(=O)C4CC4)cc3n(CC3CC3)c2=O)cn1. The molecule has 3 heterocycles. The summed E-state index contributed by atoms with van der Waals surface area (Å²) >= 11 is 0. The fraction of sp³-hybridized carbons (Fsp3) is 0.423. The van der Waals surface area contributed by atoms with Gasteiger partial charge in [0.25, 0.3) is 5.56 Å². The summed E-state index contributed by atoms with van der Waals surface area (Å²) in [6, 6.07) is 5.43. The minimum atomic E-state index is -0.0856. The van der Waals surface area contributed by atoms with E-state index in [1.54, 1.807) is 24.5 Å². The molecule has 1 amide bonds. The van der Waals surface area contributed by atoms with Crippen LogP contribution in [0.15, 0.2) is 35.4 Å². The van der Waals surface area contributed by atoms with Crippen LogP contribution >= 0.6 is 0 Å². The summed E-state index contributed by atoms with van der Waals surface area (Å²) in [5.74, 6) is 1.07. The number of rotatable bonds is 8. The maximum Gasteiger partial charge on any atom is 0.258 e. The molecule has 2 aliphatic carbocycles. The minimum Gasteiger partial charge on any atom is -0.310 e. The Hall–Kier alpha value is -3.35. The van der Waals surface area contributed by atoms with Crippen molar-refractivity contribution in [2.75, 3.05) is 5.32 Å². The average Bonchev–Trinajstić information content (AvgIpc) is 3.70. The van der Waals surface area contributed by atoms with Crippen LogP contribution in [0, 0.1) is 18.8 Å². The van der Waals surface area contributed by atoms with E-state index in [0.29, 0.717) is 36.0 Å². The van der Waals surface area contributed by atoms with Crippen LogP contribution in [0.3, 0.4) is 0 Å². The molecule has 2 aliphatic rings. The maximum atomic E-state index is 13.6. The zero-order chi connectivity index (χ0) is 23.1. The molecular formula is C26H28N4O3. The molecule has 0 saturated heterocycles. The monoisotopic (exact) mass is 444 g/mol. The zero-order valence-corrected chi connectivity index (χ0v) is 19.1. The van der Waals surface area contributed by atoms with Gasteiger partial charge in [-0.15, -0.1) is 0 Å². The standard InChI is InChI=1S/C26H28N4O3/c1-3-4-23(31)21-9-15(2)20(13-27-21)19-10-18-12-28-24(29-25(32)17-7-8-17)11-22(18)30(26(19)33)14-16-5-6-16/h9-13,16-17H,3-8,14H2,1-2H3,(H,28,29,32). The number of ketones is 1. The number of fused-ring (bicyclic) bond motifs is 1. The predicted molar refractivity (Wildman–Crippen MR) is 127 cm³/mol. The number of nitrogens with zero attached hydrogens (tertiary/aromatic N) is 3. The highest BCUT2D eigenvalue weighted by molar-refractivity contribution is 5.96. The van der Waals surface area contributed by atoms with Crippen LogP contribution in [-0.4, -0.2) is 26.2 Å². The van der Waals surface area contributed by atoms with E-state index in [-0.39, 0.29) is 23.2 Å². The number of hydrogen-bond donors (Lipinski definition) is 1. The molecule has 2 fully saturated rings. The number of nitrogens with one attached hydrogen (secondary N) is 1. The highest BCUT2D eigenvalue weighted by Gasteiger charge is 2.30. The molecule has 0 bridgehead atoms. The first-order chi connectivity index (χ1) is 15.9. The second kappa shape index (κ2) is 8.54. The molecule has 0 aromatic carbocycles. The fourth-order valence-electron chi connectivity index (χ4n) is 4.19. The Bertz CT molecular complexity index is 1320. The predicted octanol–water partition coefficient (Wildman–Crippen LogP) is 4.51. The number of pyridine rings is 3. The molecule has 170 valence electrons. The highest BCUT2D eigenvalue weighted by atomic mass is 16.2. The molecule has 0 unspecified atom stereocenters. The molecule has 1 N–H and O–H groups in total. The third-order valence-electron chi connectivity index (χ3n) is 6.48. The van der Waals surface area contributed by atoms with E-state index in [9.17, 15) is 14.4 Å². The van der Waals surface area contributed by atoms with Gasteiger partial charge in [-0.05, 0) is 62.6 Å². The van der Waals surface area contributed by atoms with Crippen LogP contribution in [0.5, 0.6) is 0 Å². The van der Waals surface area contributed by atoms with Crippen LogP contribution < -0.4 is 10.9 Å². The van der Waals surface area contributed by atoms with Crippen molar-refractivity contribution in [1.29, 1.82) is 0 Å². The lowest BCUT2D eigenvalue weighted by Crippen LogP contribution is -2.24. The lowest BCUT2D eigenvalue weighted by Gasteiger charge is -2.15. The van der Waals surface area contributed by atoms with Crippen LogP contribution in [-0.2, 0) is 11.3 Å². The van der Waals surface area contributed by atoms with Crippen LogP contribution in [0.1, 0.15) is 61.5 Å². The van der Waals surface area contributed by atoms with E-state index in [2.05, 4.69) is 15.3 Å². The quantitative estimate of drug-likeness (QED) is 0.516. The van der Waals surface area contributed by atoms with E-state index < -0.39 is 0 Å². The summed E-state index contributed by atoms with van der Waals surface area (Å²) in [6.07, 6.45) is 8.66. The van der Waals surface area contributed by atoms with Gasteiger partial charge in [-0.1, -0.05) is 6.92 Å². The minimum absolute atomic E-state index is 0.00558. The first kappa shape index (κ1) is 21.5. The molecule has 0 spiro atoms. The Morgan fingerprint density at radius 3 is 2.52 bits per heavy atom. The van der Waals surface area contributed by atoms with Crippen LogP contribution in [0.25, 0.3) is 22.0 Å². The topological polar surface area (TPSA) is 94.0 Å². The summed E-state index contributed by atoms with van der Waals surface area (Å²) in [7, 11) is 0. The van der Waals surface area contributed by atoms with Gasteiger partial charge >= 0.3 is 0 Å². The molecule has 0 radical (unpaired) electrons. The van der Waals surface area contributed by atoms with Crippen molar-refractivity contribution >= 4 is 28.4 Å². The number of aromatic nitrogens is 3. The second-order valence-corrected chi connectivity index (χ2v) is 9.37. The number of amides is 1. The van der Waals surface area contributed by atoms with Crippen molar-refractivity contribution in [2.24, 2.45) is 11.8 Å². The van der Waals surface area contributed by atoms with Gasteiger partial charge in [0.15, 0.2) is 5.78 Å².